The number of nitrogens with zero attached hydrogens (tertiary/aromatic N) is 1. The van der Waals surface area contributed by atoms with E-state index in [1.54, 1.807) is 36.4 Å². The number of hydrogen-bond acceptors (Lipinski definition) is 7. The van der Waals surface area contributed by atoms with Crippen molar-refractivity contribution in [2.75, 3.05) is 23.4 Å². The number of hydrogen-bond donors (Lipinski definition) is 1. The Morgan fingerprint density at radius 3 is 2.09 bits per heavy atom. The molecule has 222 valence electrons. The highest BCUT2D eigenvalue weighted by atomic mass is 16.5. The van der Waals surface area contributed by atoms with Crippen molar-refractivity contribution in [3.05, 3.63) is 95.6 Å². The topological polar surface area (TPSA) is 119 Å². The third-order valence-corrected chi connectivity index (χ3v) is 8.03. The molecule has 3 amide bonds. The predicted octanol–water partition coefficient (Wildman–Crippen LogP) is 5.51. The highest BCUT2D eigenvalue weighted by Crippen LogP contribution is 2.45. The fraction of sp³-hybridized carbons (Fsp3) is 0.324. The summed E-state index contributed by atoms with van der Waals surface area (Å²) in [5.74, 6) is -2.54. The number of amides is 3. The maximum atomic E-state index is 13.3. The largest absolute Gasteiger partial charge is 0.462 e. The Morgan fingerprint density at radius 2 is 1.42 bits per heavy atom. The van der Waals surface area contributed by atoms with Crippen molar-refractivity contribution < 1.29 is 33.4 Å². The molecule has 0 radical (unpaired) electrons. The van der Waals surface area contributed by atoms with E-state index in [1.807, 2.05) is 25.1 Å². The van der Waals surface area contributed by atoms with E-state index in [9.17, 15) is 24.0 Å². The van der Waals surface area contributed by atoms with E-state index in [-0.39, 0.29) is 35.1 Å². The van der Waals surface area contributed by atoms with Gasteiger partial charge in [-0.15, -0.1) is 0 Å². The monoisotopic (exact) mass is 582 g/mol. The lowest BCUT2D eigenvalue weighted by atomic mass is 9.73. The van der Waals surface area contributed by atoms with Crippen molar-refractivity contribution >= 4 is 41.0 Å². The van der Waals surface area contributed by atoms with Crippen molar-refractivity contribution in [2.45, 2.75) is 44.9 Å². The van der Waals surface area contributed by atoms with E-state index in [0.29, 0.717) is 36.4 Å². The second kappa shape index (κ2) is 13.5. The van der Waals surface area contributed by atoms with Gasteiger partial charge in [0.05, 0.1) is 35.3 Å². The molecular weight excluding hydrogens is 548 g/mol. The van der Waals surface area contributed by atoms with Crippen LogP contribution in [0.4, 0.5) is 11.4 Å². The third-order valence-electron chi connectivity index (χ3n) is 8.03. The summed E-state index contributed by atoms with van der Waals surface area (Å²) in [7, 11) is 0. The molecule has 3 aromatic rings. The van der Waals surface area contributed by atoms with Crippen LogP contribution in [0.1, 0.15) is 71.2 Å². The highest BCUT2D eigenvalue weighted by molar-refractivity contribution is 6.22. The zero-order chi connectivity index (χ0) is 30.3. The van der Waals surface area contributed by atoms with Crippen LogP contribution in [0.25, 0.3) is 0 Å². The van der Waals surface area contributed by atoms with E-state index < -0.39 is 24.5 Å². The quantitative estimate of drug-likeness (QED) is 0.190. The van der Waals surface area contributed by atoms with Crippen LogP contribution in [0.5, 0.6) is 0 Å². The van der Waals surface area contributed by atoms with Gasteiger partial charge in [0.15, 0.2) is 6.61 Å². The van der Waals surface area contributed by atoms with Gasteiger partial charge in [-0.1, -0.05) is 43.7 Å². The summed E-state index contributed by atoms with van der Waals surface area (Å²) in [6.45, 7) is 1.84. The fourth-order valence-corrected chi connectivity index (χ4v) is 5.70. The van der Waals surface area contributed by atoms with Crippen LogP contribution < -0.4 is 10.2 Å². The standard InChI is InChI=1S/C34H34N2O7/c1-2-3-19-42-33(40)23-9-14-26(15-10-23)35-30(37)21-43-34(41)24-11-16-27(17-12-24)36-31(38)28-18-13-25(20-29(28)32(36)39)22-7-5-4-6-8-22/h4-12,14-17,25,28-29H,2-3,13,18-21H2,1H3,(H,35,37)/t25-,28+,29+/m0/s1. The molecule has 1 saturated heterocycles. The molecule has 0 bridgehead atoms. The minimum atomic E-state index is -0.717. The van der Waals surface area contributed by atoms with Crippen molar-refractivity contribution in [3.8, 4) is 0 Å². The summed E-state index contributed by atoms with van der Waals surface area (Å²) in [6, 6.07) is 22.3. The number of carbonyl (C=O) groups is 5. The molecule has 0 spiro atoms. The predicted molar refractivity (Wildman–Crippen MR) is 159 cm³/mol. The number of nitrogens with one attached hydrogen (secondary N) is 1. The van der Waals surface area contributed by atoms with Gasteiger partial charge in [-0.2, -0.15) is 0 Å². The first-order valence-electron chi connectivity index (χ1n) is 14.6. The lowest BCUT2D eigenvalue weighted by molar-refractivity contribution is -0.122. The molecule has 2 aliphatic rings. The van der Waals surface area contributed by atoms with Crippen LogP contribution in [0.2, 0.25) is 0 Å². The van der Waals surface area contributed by atoms with Gasteiger partial charge in [-0.3, -0.25) is 19.3 Å². The Labute approximate surface area is 250 Å². The molecule has 0 unspecified atom stereocenters. The number of imide groups is 1. The van der Waals surface area contributed by atoms with E-state index in [4.69, 9.17) is 9.47 Å². The summed E-state index contributed by atoms with van der Waals surface area (Å²) in [4.78, 5) is 64.6. The van der Waals surface area contributed by atoms with Crippen LogP contribution in [-0.2, 0) is 23.9 Å². The van der Waals surface area contributed by atoms with Gasteiger partial charge in [0.25, 0.3) is 5.91 Å². The van der Waals surface area contributed by atoms with Gasteiger partial charge < -0.3 is 14.8 Å². The normalized spacial score (nSPS) is 19.5. The Hall–Kier alpha value is -4.79. The number of unbranched alkanes of at least 4 members (excludes halogenated alkanes) is 1. The Kier molecular flexibility index (Phi) is 9.29. The zero-order valence-corrected chi connectivity index (χ0v) is 24.0. The molecule has 0 aromatic heterocycles. The first-order chi connectivity index (χ1) is 20.9. The lowest BCUT2D eigenvalue weighted by Gasteiger charge is -2.28. The van der Waals surface area contributed by atoms with E-state index in [0.717, 1.165) is 19.3 Å². The van der Waals surface area contributed by atoms with Crippen molar-refractivity contribution in [2.24, 2.45) is 11.8 Å². The molecule has 43 heavy (non-hydrogen) atoms. The van der Waals surface area contributed by atoms with E-state index >= 15 is 0 Å². The van der Waals surface area contributed by atoms with Crippen LogP contribution in [0.15, 0.2) is 78.9 Å². The van der Waals surface area contributed by atoms with Crippen LogP contribution in [0.3, 0.4) is 0 Å². The Balaban J connectivity index is 1.12. The summed E-state index contributed by atoms with van der Waals surface area (Å²) in [5, 5.41) is 2.61. The number of carbonyl (C=O) groups excluding carboxylic acids is 5. The van der Waals surface area contributed by atoms with Gasteiger partial charge in [-0.05, 0) is 85.7 Å². The molecule has 3 aromatic carbocycles. The zero-order valence-electron chi connectivity index (χ0n) is 24.0. The highest BCUT2D eigenvalue weighted by Gasteiger charge is 2.50. The number of anilines is 2. The van der Waals surface area contributed by atoms with Gasteiger partial charge in [0.2, 0.25) is 11.8 Å². The number of benzene rings is 3. The van der Waals surface area contributed by atoms with Gasteiger partial charge in [-0.25, -0.2) is 9.59 Å². The average Bonchev–Trinajstić information content (AvgIpc) is 3.29. The first kappa shape index (κ1) is 29.7. The second-order valence-electron chi connectivity index (χ2n) is 10.9. The molecule has 9 heteroatoms. The SMILES string of the molecule is CCCCOC(=O)c1ccc(NC(=O)COC(=O)c2ccc(N3C(=O)[C@@H]4CC[C@H](c5ccccc5)C[C@H]4C3=O)cc2)cc1. The maximum Gasteiger partial charge on any atom is 0.338 e. The summed E-state index contributed by atoms with van der Waals surface area (Å²) < 4.78 is 10.3. The Bertz CT molecular complexity index is 1490. The lowest BCUT2D eigenvalue weighted by Crippen LogP contribution is -2.30. The van der Waals surface area contributed by atoms with E-state index in [1.165, 1.54) is 22.6 Å². The molecule has 1 saturated carbocycles. The maximum absolute atomic E-state index is 13.3. The molecule has 1 aliphatic heterocycles. The molecule has 9 nitrogen and oxygen atoms in total. The molecule has 5 rings (SSSR count). The fourth-order valence-electron chi connectivity index (χ4n) is 5.70. The second-order valence-corrected chi connectivity index (χ2v) is 10.9. The molecule has 1 N–H and O–H groups in total. The molecule has 2 fully saturated rings. The van der Waals surface area contributed by atoms with Gasteiger partial charge in [0.1, 0.15) is 0 Å². The number of ether oxygens (including phenoxy) is 2. The van der Waals surface area contributed by atoms with Crippen molar-refractivity contribution in [1.82, 2.24) is 0 Å². The molecule has 1 aliphatic carbocycles. The molecular formula is C34H34N2O7. The number of esters is 2. The first-order valence-corrected chi connectivity index (χ1v) is 14.6. The van der Waals surface area contributed by atoms with Gasteiger partial charge in [0, 0.05) is 5.69 Å². The summed E-state index contributed by atoms with van der Waals surface area (Å²) in [6.07, 6.45) is 3.87. The van der Waals surface area contributed by atoms with Crippen LogP contribution >= 0.6 is 0 Å². The average molecular weight is 583 g/mol. The summed E-state index contributed by atoms with van der Waals surface area (Å²) in [5.41, 5.74) is 2.59. The molecule has 1 heterocycles. The Morgan fingerprint density at radius 1 is 0.791 bits per heavy atom. The number of fused-ring (bicyclic) bond motifs is 1. The van der Waals surface area contributed by atoms with Crippen LogP contribution in [0, 0.1) is 11.8 Å². The van der Waals surface area contributed by atoms with Gasteiger partial charge >= 0.3 is 11.9 Å². The number of rotatable bonds is 10. The summed E-state index contributed by atoms with van der Waals surface area (Å²) >= 11 is 0. The smallest absolute Gasteiger partial charge is 0.338 e. The molecule has 3 atom stereocenters. The van der Waals surface area contributed by atoms with E-state index in [2.05, 4.69) is 17.4 Å². The third kappa shape index (κ3) is 6.83. The minimum absolute atomic E-state index is 0.183. The van der Waals surface area contributed by atoms with Crippen molar-refractivity contribution in [1.29, 1.82) is 0 Å². The van der Waals surface area contributed by atoms with Crippen molar-refractivity contribution in [3.63, 3.8) is 0 Å². The minimum Gasteiger partial charge on any atom is -0.462 e. The van der Waals surface area contributed by atoms with Crippen LogP contribution in [-0.4, -0.2) is 42.9 Å².